The predicted octanol–water partition coefficient (Wildman–Crippen LogP) is 0.893. The average Bonchev–Trinajstić information content (AvgIpc) is 2.21. The van der Waals surface area contributed by atoms with Gasteiger partial charge in [0.1, 0.15) is 6.04 Å². The predicted molar refractivity (Wildman–Crippen MR) is 57.5 cm³/mol. The highest BCUT2D eigenvalue weighted by Crippen LogP contribution is 2.02. The highest BCUT2D eigenvalue weighted by molar-refractivity contribution is 5.85. The number of carbonyl (C=O) groups is 2. The minimum Gasteiger partial charge on any atom is -0.453 e. The summed E-state index contributed by atoms with van der Waals surface area (Å²) in [5.41, 5.74) is 0. The molecule has 0 aliphatic carbocycles. The first-order chi connectivity index (χ1) is 7.02. The number of hydrogen-bond donors (Lipinski definition) is 2. The molecule has 0 radical (unpaired) electrons. The normalized spacial score (nSPS) is 12.1. The highest BCUT2D eigenvalue weighted by Gasteiger charge is 2.23. The lowest BCUT2D eigenvalue weighted by Crippen LogP contribution is -2.49. The van der Waals surface area contributed by atoms with Gasteiger partial charge in [0.25, 0.3) is 0 Å². The maximum absolute atomic E-state index is 11.6. The fourth-order valence-electron chi connectivity index (χ4n) is 1.08. The second-order valence-corrected chi connectivity index (χ2v) is 3.65. The van der Waals surface area contributed by atoms with Crippen molar-refractivity contribution in [3.8, 4) is 0 Å². The number of rotatable bonds is 5. The van der Waals surface area contributed by atoms with Gasteiger partial charge in [-0.3, -0.25) is 4.79 Å². The Morgan fingerprint density at radius 3 is 2.33 bits per heavy atom. The van der Waals surface area contributed by atoms with Gasteiger partial charge in [0.15, 0.2) is 0 Å². The van der Waals surface area contributed by atoms with Crippen LogP contribution in [0.1, 0.15) is 27.2 Å². The van der Waals surface area contributed by atoms with Crippen LogP contribution < -0.4 is 10.6 Å². The third-order valence-corrected chi connectivity index (χ3v) is 1.96. The summed E-state index contributed by atoms with van der Waals surface area (Å²) in [5, 5.41) is 5.24. The van der Waals surface area contributed by atoms with E-state index in [0.29, 0.717) is 6.54 Å². The van der Waals surface area contributed by atoms with Crippen LogP contribution in [0.15, 0.2) is 0 Å². The molecular weight excluding hydrogens is 196 g/mol. The Morgan fingerprint density at radius 2 is 1.93 bits per heavy atom. The van der Waals surface area contributed by atoms with Crippen LogP contribution in [0.4, 0.5) is 4.79 Å². The summed E-state index contributed by atoms with van der Waals surface area (Å²) < 4.78 is 4.46. The van der Waals surface area contributed by atoms with Crippen LogP contribution in [-0.4, -0.2) is 31.7 Å². The SMILES string of the molecule is CCCNC(=O)C(NC(=O)OC)C(C)C. The molecule has 5 heteroatoms. The molecule has 1 unspecified atom stereocenters. The van der Waals surface area contributed by atoms with Crippen LogP contribution >= 0.6 is 0 Å². The van der Waals surface area contributed by atoms with E-state index in [1.807, 2.05) is 20.8 Å². The van der Waals surface area contributed by atoms with Crippen LogP contribution in [0.5, 0.6) is 0 Å². The van der Waals surface area contributed by atoms with Crippen molar-refractivity contribution in [1.29, 1.82) is 0 Å². The molecule has 0 aliphatic rings. The minimum atomic E-state index is -0.583. The van der Waals surface area contributed by atoms with Gasteiger partial charge in [-0.2, -0.15) is 0 Å². The third kappa shape index (κ3) is 5.24. The van der Waals surface area contributed by atoms with Crippen molar-refractivity contribution in [2.45, 2.75) is 33.2 Å². The molecule has 0 aromatic rings. The molecule has 2 amide bonds. The molecule has 0 fully saturated rings. The average molecular weight is 216 g/mol. The zero-order valence-corrected chi connectivity index (χ0v) is 9.79. The maximum atomic E-state index is 11.6. The number of alkyl carbamates (subject to hydrolysis) is 1. The summed E-state index contributed by atoms with van der Waals surface area (Å²) in [5.74, 6) is -0.141. The molecule has 0 saturated heterocycles. The van der Waals surface area contributed by atoms with Gasteiger partial charge in [-0.15, -0.1) is 0 Å². The lowest BCUT2D eigenvalue weighted by molar-refractivity contribution is -0.124. The molecular formula is C10H20N2O3. The molecule has 15 heavy (non-hydrogen) atoms. The number of methoxy groups -OCH3 is 1. The van der Waals surface area contributed by atoms with E-state index in [1.165, 1.54) is 7.11 Å². The molecule has 0 saturated carbocycles. The Labute approximate surface area is 90.6 Å². The van der Waals surface area contributed by atoms with Gasteiger partial charge in [-0.25, -0.2) is 4.79 Å². The lowest BCUT2D eigenvalue weighted by atomic mass is 10.0. The second-order valence-electron chi connectivity index (χ2n) is 3.65. The van der Waals surface area contributed by atoms with E-state index in [-0.39, 0.29) is 11.8 Å². The first kappa shape index (κ1) is 13.7. The topological polar surface area (TPSA) is 67.4 Å². The van der Waals surface area contributed by atoms with Crippen molar-refractivity contribution >= 4 is 12.0 Å². The zero-order chi connectivity index (χ0) is 11.8. The standard InChI is InChI=1S/C10H20N2O3/c1-5-6-11-9(13)8(7(2)3)12-10(14)15-4/h7-8H,5-6H2,1-4H3,(H,11,13)(H,12,14). The number of hydrogen-bond acceptors (Lipinski definition) is 3. The van der Waals surface area contributed by atoms with Crippen molar-refractivity contribution in [2.75, 3.05) is 13.7 Å². The summed E-state index contributed by atoms with van der Waals surface area (Å²) in [6, 6.07) is -0.538. The van der Waals surface area contributed by atoms with E-state index in [0.717, 1.165) is 6.42 Å². The van der Waals surface area contributed by atoms with Crippen molar-refractivity contribution in [2.24, 2.45) is 5.92 Å². The Morgan fingerprint density at radius 1 is 1.33 bits per heavy atom. The Balaban J connectivity index is 4.25. The summed E-state index contributed by atoms with van der Waals surface area (Å²) in [6.07, 6.45) is 0.287. The first-order valence-electron chi connectivity index (χ1n) is 5.15. The zero-order valence-electron chi connectivity index (χ0n) is 9.79. The molecule has 0 aromatic carbocycles. The lowest BCUT2D eigenvalue weighted by Gasteiger charge is -2.20. The minimum absolute atomic E-state index is 0.0287. The van der Waals surface area contributed by atoms with E-state index in [1.54, 1.807) is 0 Å². The fraction of sp³-hybridized carbons (Fsp3) is 0.800. The van der Waals surface area contributed by atoms with Gasteiger partial charge in [0, 0.05) is 6.54 Å². The van der Waals surface area contributed by atoms with Gasteiger partial charge in [-0.05, 0) is 12.3 Å². The smallest absolute Gasteiger partial charge is 0.407 e. The molecule has 0 heterocycles. The molecule has 0 spiro atoms. The first-order valence-corrected chi connectivity index (χ1v) is 5.15. The third-order valence-electron chi connectivity index (χ3n) is 1.96. The Bertz CT molecular complexity index is 217. The van der Waals surface area contributed by atoms with Crippen LogP contribution in [-0.2, 0) is 9.53 Å². The molecule has 1 atom stereocenters. The van der Waals surface area contributed by atoms with E-state index in [2.05, 4.69) is 15.4 Å². The Hall–Kier alpha value is -1.26. The fourth-order valence-corrected chi connectivity index (χ4v) is 1.08. The molecule has 0 rings (SSSR count). The quantitative estimate of drug-likeness (QED) is 0.717. The largest absolute Gasteiger partial charge is 0.453 e. The van der Waals surface area contributed by atoms with Gasteiger partial charge in [-0.1, -0.05) is 20.8 Å². The molecule has 5 nitrogen and oxygen atoms in total. The summed E-state index contributed by atoms with van der Waals surface area (Å²) in [6.45, 7) is 6.32. The van der Waals surface area contributed by atoms with Gasteiger partial charge < -0.3 is 15.4 Å². The molecule has 2 N–H and O–H groups in total. The number of ether oxygens (including phenoxy) is 1. The summed E-state index contributed by atoms with van der Waals surface area (Å²) >= 11 is 0. The van der Waals surface area contributed by atoms with E-state index in [4.69, 9.17) is 0 Å². The van der Waals surface area contributed by atoms with Crippen molar-refractivity contribution in [1.82, 2.24) is 10.6 Å². The summed E-state index contributed by atoms with van der Waals surface area (Å²) in [4.78, 5) is 22.6. The van der Waals surface area contributed by atoms with Crippen molar-refractivity contribution in [3.05, 3.63) is 0 Å². The van der Waals surface area contributed by atoms with Crippen molar-refractivity contribution < 1.29 is 14.3 Å². The van der Waals surface area contributed by atoms with Gasteiger partial charge in [0.05, 0.1) is 7.11 Å². The monoisotopic (exact) mass is 216 g/mol. The second kappa shape index (κ2) is 7.09. The van der Waals surface area contributed by atoms with Gasteiger partial charge in [0.2, 0.25) is 5.91 Å². The number of nitrogens with one attached hydrogen (secondary N) is 2. The Kier molecular flexibility index (Phi) is 6.49. The van der Waals surface area contributed by atoms with Gasteiger partial charge >= 0.3 is 6.09 Å². The molecule has 0 aromatic heterocycles. The van der Waals surface area contributed by atoms with E-state index in [9.17, 15) is 9.59 Å². The molecule has 0 bridgehead atoms. The van der Waals surface area contributed by atoms with Crippen molar-refractivity contribution in [3.63, 3.8) is 0 Å². The van der Waals surface area contributed by atoms with Crippen LogP contribution in [0, 0.1) is 5.92 Å². The summed E-state index contributed by atoms with van der Waals surface area (Å²) in [7, 11) is 1.27. The number of amides is 2. The van der Waals surface area contributed by atoms with E-state index >= 15 is 0 Å². The van der Waals surface area contributed by atoms with Crippen LogP contribution in [0.2, 0.25) is 0 Å². The maximum Gasteiger partial charge on any atom is 0.407 e. The number of carbonyl (C=O) groups excluding carboxylic acids is 2. The molecule has 88 valence electrons. The highest BCUT2D eigenvalue weighted by atomic mass is 16.5. The van der Waals surface area contributed by atoms with Crippen LogP contribution in [0.25, 0.3) is 0 Å². The van der Waals surface area contributed by atoms with E-state index < -0.39 is 12.1 Å². The van der Waals surface area contributed by atoms with Crippen LogP contribution in [0.3, 0.4) is 0 Å². The molecule has 0 aliphatic heterocycles.